The smallest absolute Gasteiger partial charge is 0.0784 e. The van der Waals surface area contributed by atoms with Gasteiger partial charge in [0.15, 0.2) is 0 Å². The standard InChI is InChI=1S/C120H83N3S2/c1-2-26-82(79-63-68-100-96(71-79)85-29-9-16-40-99(85)120(100)102-42-18-24-48-110(102)125-118-104(120)70-67-94-114(118)93-37-11-19-43-105(93)121-115(94)77-57-49-72(50-58-77)73-61-64-80(65-62-73)123-107-45-21-12-30-86(107)87-31-13-22-46-108(87)123)81(25-1)74-51-53-75(54-52-74)111-88-32-3-5-34-90(88)112(91-35-6-4-33-89(91)111)76-55-59-78(60-56-76)116-95-66-69-103-117(113(95)92-36-10-20-44-106(92)122-116)124-109-47-23-17-41-101(109)119(103)97-38-14-7-27-83(97)84-28-8-15-39-98(84)119/h1-9,11-24,26-35,37-53,55-57,59-71,75,77,81,90,103,112,117H,10,25,36,54,58H2. The molecule has 11 aliphatic rings. The van der Waals surface area contributed by atoms with Gasteiger partial charge in [0.25, 0.3) is 0 Å². The second kappa shape index (κ2) is 27.9. The van der Waals surface area contributed by atoms with Gasteiger partial charge in [0.05, 0.1) is 44.5 Å². The third-order valence-electron chi connectivity index (χ3n) is 29.9. The summed E-state index contributed by atoms with van der Waals surface area (Å²) in [5, 5.41) is 6.45. The molecule has 5 heterocycles. The van der Waals surface area contributed by atoms with E-state index in [1.54, 1.807) is 0 Å². The highest BCUT2D eigenvalue weighted by Crippen LogP contribution is 2.70. The molecule has 5 heteroatoms. The van der Waals surface area contributed by atoms with Crippen molar-refractivity contribution in [3.05, 3.63) is 494 Å². The van der Waals surface area contributed by atoms with Gasteiger partial charge in [-0.25, -0.2) is 4.98 Å². The van der Waals surface area contributed by atoms with Crippen molar-refractivity contribution < 1.29 is 0 Å². The van der Waals surface area contributed by atoms with Gasteiger partial charge in [-0.05, 0) is 215 Å². The fourth-order valence-corrected chi connectivity index (χ4v) is 27.7. The third-order valence-corrected chi connectivity index (χ3v) is 32.5. The lowest BCUT2D eigenvalue weighted by atomic mass is 9.60. The number of allylic oxidation sites excluding steroid dienone is 20. The molecule has 13 aromatic carbocycles. The predicted molar refractivity (Wildman–Crippen MR) is 520 cm³/mol. The van der Waals surface area contributed by atoms with Crippen molar-refractivity contribution in [2.75, 3.05) is 0 Å². The highest BCUT2D eigenvalue weighted by atomic mass is 32.2. The molecule has 0 fully saturated rings. The summed E-state index contributed by atoms with van der Waals surface area (Å²) in [6.45, 7) is 0. The summed E-state index contributed by atoms with van der Waals surface area (Å²) >= 11 is 4.03. The molecule has 3 nitrogen and oxygen atoms in total. The Hall–Kier alpha value is -13.7. The first-order valence-corrected chi connectivity index (χ1v) is 46.5. The van der Waals surface area contributed by atoms with Crippen molar-refractivity contribution in [3.8, 4) is 39.2 Å². The van der Waals surface area contributed by atoms with E-state index >= 15 is 0 Å². The van der Waals surface area contributed by atoms with Gasteiger partial charge in [-0.1, -0.05) is 358 Å². The van der Waals surface area contributed by atoms with Crippen LogP contribution in [0.2, 0.25) is 0 Å². The Balaban J connectivity index is 0.493. The number of thioether (sulfide) groups is 1. The largest absolute Gasteiger partial charge is 0.309 e. The average Bonchev–Trinajstić information content (AvgIpc) is 1.53. The van der Waals surface area contributed by atoms with Crippen molar-refractivity contribution in [3.63, 3.8) is 0 Å². The van der Waals surface area contributed by atoms with Crippen LogP contribution in [0.25, 0.3) is 112 Å². The highest BCUT2D eigenvalue weighted by molar-refractivity contribution is 8.00. The lowest BCUT2D eigenvalue weighted by molar-refractivity contribution is 0.427. The number of pyridine rings is 2. The predicted octanol–water partition coefficient (Wildman–Crippen LogP) is 30.1. The molecular weight excluding hydrogens is 1550 g/mol. The van der Waals surface area contributed by atoms with Gasteiger partial charge >= 0.3 is 0 Å². The van der Waals surface area contributed by atoms with Crippen molar-refractivity contribution in [2.24, 2.45) is 23.7 Å². The third kappa shape index (κ3) is 10.4. The maximum absolute atomic E-state index is 5.69. The van der Waals surface area contributed by atoms with Crippen molar-refractivity contribution in [2.45, 2.75) is 74.7 Å². The van der Waals surface area contributed by atoms with Crippen LogP contribution in [0.1, 0.15) is 138 Å². The van der Waals surface area contributed by atoms with E-state index in [9.17, 15) is 0 Å². The molecule has 125 heavy (non-hydrogen) atoms. The van der Waals surface area contributed by atoms with Gasteiger partial charge in [-0.15, -0.1) is 11.8 Å². The van der Waals surface area contributed by atoms with E-state index in [4.69, 9.17) is 9.97 Å². The molecule has 0 N–H and O–H groups in total. The lowest BCUT2D eigenvalue weighted by Crippen LogP contribution is -2.42. The summed E-state index contributed by atoms with van der Waals surface area (Å²) in [5.41, 5.74) is 40.9. The number of nitrogens with zero attached hydrogens (tertiary/aromatic N) is 3. The number of rotatable bonds is 8. The fourth-order valence-electron chi connectivity index (χ4n) is 24.7. The molecule has 9 aliphatic carbocycles. The van der Waals surface area contributed by atoms with Gasteiger partial charge in [0.2, 0.25) is 0 Å². The zero-order chi connectivity index (χ0) is 81.7. The van der Waals surface area contributed by atoms with E-state index in [1.807, 2.05) is 11.8 Å². The lowest BCUT2D eigenvalue weighted by Gasteiger charge is -2.49. The minimum Gasteiger partial charge on any atom is -0.309 e. The maximum atomic E-state index is 5.69. The Bertz CT molecular complexity index is 7710. The number of aromatic nitrogens is 3. The van der Waals surface area contributed by atoms with Crippen molar-refractivity contribution in [1.29, 1.82) is 0 Å². The second-order valence-electron chi connectivity index (χ2n) is 35.8. The van der Waals surface area contributed by atoms with Crippen LogP contribution in [-0.2, 0) is 17.3 Å². The van der Waals surface area contributed by atoms with Gasteiger partial charge in [-0.2, -0.15) is 0 Å². The van der Waals surface area contributed by atoms with Gasteiger partial charge in [0, 0.05) is 99.2 Å². The average molecular weight is 1630 g/mol. The molecule has 0 saturated carbocycles. The number of benzene rings is 13. The minimum atomic E-state index is -0.572. The van der Waals surface area contributed by atoms with E-state index < -0.39 is 5.41 Å². The minimum absolute atomic E-state index is 0.0951. The number of hydrogen-bond donors (Lipinski definition) is 0. The zero-order valence-electron chi connectivity index (χ0n) is 68.8. The highest BCUT2D eigenvalue weighted by Gasteiger charge is 2.57. The Morgan fingerprint density at radius 1 is 0.440 bits per heavy atom. The fraction of sp³-hybridized carbons (Fsp3) is 0.117. The van der Waals surface area contributed by atoms with E-state index in [0.717, 1.165) is 60.4 Å². The first kappa shape index (κ1) is 71.8. The van der Waals surface area contributed by atoms with Crippen molar-refractivity contribution >= 4 is 95.9 Å². The summed E-state index contributed by atoms with van der Waals surface area (Å²) in [6, 6.07) is 114. The van der Waals surface area contributed by atoms with E-state index in [2.05, 4.69) is 417 Å². The molecule has 0 saturated heterocycles. The molecular formula is C120H83N3S2. The molecule has 3 aromatic heterocycles. The summed E-state index contributed by atoms with van der Waals surface area (Å²) in [7, 11) is 0. The first-order chi connectivity index (χ1) is 62.0. The van der Waals surface area contributed by atoms with Gasteiger partial charge in [-0.3, -0.25) is 4.98 Å². The van der Waals surface area contributed by atoms with Crippen LogP contribution < -0.4 is 0 Å². The molecule has 0 amide bonds. The van der Waals surface area contributed by atoms with Gasteiger partial charge < -0.3 is 4.57 Å². The summed E-state index contributed by atoms with van der Waals surface area (Å²) in [4.78, 5) is 15.3. The molecule has 0 radical (unpaired) electrons. The Morgan fingerprint density at radius 2 is 1.10 bits per heavy atom. The van der Waals surface area contributed by atoms with Crippen LogP contribution in [0.15, 0.2) is 414 Å². The zero-order valence-corrected chi connectivity index (χ0v) is 70.5. The summed E-state index contributed by atoms with van der Waals surface area (Å²) < 4.78 is 2.40. The molecule has 8 unspecified atom stereocenters. The van der Waals surface area contributed by atoms with Crippen molar-refractivity contribution in [1.82, 2.24) is 14.5 Å². The van der Waals surface area contributed by atoms with E-state index in [0.29, 0.717) is 0 Å². The Morgan fingerprint density at radius 3 is 1.87 bits per heavy atom. The normalized spacial score (nSPS) is 21.8. The van der Waals surface area contributed by atoms with Crippen LogP contribution in [0.4, 0.5) is 0 Å². The number of para-hydroxylation sites is 3. The molecule has 2 spiro atoms. The topological polar surface area (TPSA) is 30.7 Å². The van der Waals surface area contributed by atoms with Crippen LogP contribution >= 0.6 is 23.5 Å². The van der Waals surface area contributed by atoms with Crippen LogP contribution in [0.5, 0.6) is 0 Å². The first-order valence-electron chi connectivity index (χ1n) is 44.8. The molecule has 2 aliphatic heterocycles. The monoisotopic (exact) mass is 1630 g/mol. The van der Waals surface area contributed by atoms with Crippen LogP contribution in [-0.4, -0.2) is 14.5 Å². The van der Waals surface area contributed by atoms with E-state index in [1.165, 1.54) is 192 Å². The van der Waals surface area contributed by atoms with Crippen LogP contribution in [0.3, 0.4) is 0 Å². The Labute approximate surface area is 736 Å². The second-order valence-corrected chi connectivity index (χ2v) is 38.0. The summed E-state index contributed by atoms with van der Waals surface area (Å²) in [5.74, 6) is 1.01. The number of fused-ring (bicyclic) bond motifs is 31. The molecule has 590 valence electrons. The van der Waals surface area contributed by atoms with Gasteiger partial charge in [0.1, 0.15) is 0 Å². The maximum Gasteiger partial charge on any atom is 0.0784 e. The summed E-state index contributed by atoms with van der Waals surface area (Å²) in [6.07, 6.45) is 46.0. The molecule has 16 aromatic rings. The van der Waals surface area contributed by atoms with Crippen LogP contribution in [0, 0.1) is 23.7 Å². The molecule has 0 bridgehead atoms. The Kier molecular flexibility index (Phi) is 16.0. The molecule has 8 atom stereocenters. The molecule has 27 rings (SSSR count). The quantitative estimate of drug-likeness (QED) is 0.142. The number of hydrogen-bond acceptors (Lipinski definition) is 4. The van der Waals surface area contributed by atoms with E-state index in [-0.39, 0.29) is 46.2 Å². The SMILES string of the molecule is C1=CCC(C2=CCC(C3=C4C=CC=CC4C(c4ccc(-c5nc6c(c7c5C=CC5C7Sc7ccccc7C57c5ccccc5-c5ccccc57)CCC=C6)cc4)c4ccccc43)C=C2)C(c2ccc3c(c2)-c2ccccc2C32c3ccccc3Sc3c2ccc2c(C4C=CC(c5ccc(-n6c7ccccc7c7ccccc76)cc5)=CC4)nc4ccccc4c32)=C1.